The number of amides is 1. The molecule has 128 valence electrons. The number of benzene rings is 1. The van der Waals surface area contributed by atoms with E-state index in [9.17, 15) is 4.79 Å². The molecule has 2 aromatic rings. The Morgan fingerprint density at radius 1 is 1.44 bits per heavy atom. The second-order valence-electron chi connectivity index (χ2n) is 5.96. The number of rotatable bonds is 3. The Morgan fingerprint density at radius 2 is 2.36 bits per heavy atom. The van der Waals surface area contributed by atoms with Crippen LogP contribution in [0.25, 0.3) is 16.3 Å². The molecule has 0 unspecified atom stereocenters. The zero-order chi connectivity index (χ0) is 17.2. The molecule has 7 heteroatoms. The molecule has 6 nitrogen and oxygen atoms in total. The summed E-state index contributed by atoms with van der Waals surface area (Å²) in [5.41, 5.74) is 5.05. The van der Waals surface area contributed by atoms with Gasteiger partial charge in [-0.25, -0.2) is 9.98 Å². The van der Waals surface area contributed by atoms with Crippen LogP contribution in [0.1, 0.15) is 24.8 Å². The lowest BCUT2D eigenvalue weighted by Crippen LogP contribution is -2.39. The van der Waals surface area contributed by atoms with Crippen molar-refractivity contribution in [3.63, 3.8) is 0 Å². The number of hydrogen-bond acceptors (Lipinski definition) is 6. The van der Waals surface area contributed by atoms with Crippen LogP contribution in [0.4, 0.5) is 0 Å². The van der Waals surface area contributed by atoms with Crippen molar-refractivity contribution in [1.29, 1.82) is 0 Å². The highest BCUT2D eigenvalue weighted by molar-refractivity contribution is 7.16. The predicted molar refractivity (Wildman–Crippen MR) is 99.0 cm³/mol. The standard InChI is InChI=1S/C18H18N4O2S/c1-24-15-5-3-2-4-12(15)20-18-21-14(17(23)22-18)8-11-6-7-13-16(9-11)25-10-19-13/h4,6-10,15H,2-3,5H2,1H3,(H2,20,21,22,23)/b14-8-/t15-/m1/s1. The average molecular weight is 354 g/mol. The number of carbonyl (C=O) groups is 1. The van der Waals surface area contributed by atoms with E-state index in [1.165, 1.54) is 0 Å². The molecule has 1 aromatic carbocycles. The molecule has 1 aromatic heterocycles. The van der Waals surface area contributed by atoms with Gasteiger partial charge in [0.05, 0.1) is 21.8 Å². The zero-order valence-corrected chi connectivity index (χ0v) is 14.6. The summed E-state index contributed by atoms with van der Waals surface area (Å²) in [6.07, 6.45) is 6.98. The molecule has 2 aliphatic rings. The van der Waals surface area contributed by atoms with Crippen molar-refractivity contribution >= 4 is 39.5 Å². The van der Waals surface area contributed by atoms with Crippen molar-refractivity contribution in [1.82, 2.24) is 15.6 Å². The Labute approximate surface area is 149 Å². The lowest BCUT2D eigenvalue weighted by Gasteiger charge is -2.23. The minimum Gasteiger partial charge on any atom is -0.375 e. The number of fused-ring (bicyclic) bond motifs is 1. The Bertz CT molecular complexity index is 913. The van der Waals surface area contributed by atoms with Gasteiger partial charge >= 0.3 is 0 Å². The number of hydrogen-bond donors (Lipinski definition) is 2. The number of nitrogens with zero attached hydrogens (tertiary/aromatic N) is 2. The molecule has 0 bridgehead atoms. The second kappa shape index (κ2) is 6.78. The fourth-order valence-corrected chi connectivity index (χ4v) is 3.73. The molecular weight excluding hydrogens is 336 g/mol. The molecule has 4 rings (SSSR count). The van der Waals surface area contributed by atoms with Crippen LogP contribution < -0.4 is 10.6 Å². The number of thiazole rings is 1. The van der Waals surface area contributed by atoms with E-state index in [0.717, 1.165) is 40.7 Å². The van der Waals surface area contributed by atoms with E-state index in [-0.39, 0.29) is 12.0 Å². The van der Waals surface area contributed by atoms with Gasteiger partial charge in [-0.05, 0) is 43.0 Å². The molecular formula is C18H18N4O2S. The monoisotopic (exact) mass is 354 g/mol. The maximum absolute atomic E-state index is 12.2. The topological polar surface area (TPSA) is 75.6 Å². The number of aromatic nitrogens is 1. The second-order valence-corrected chi connectivity index (χ2v) is 6.85. The van der Waals surface area contributed by atoms with Crippen LogP contribution in [0, 0.1) is 0 Å². The summed E-state index contributed by atoms with van der Waals surface area (Å²) < 4.78 is 6.57. The van der Waals surface area contributed by atoms with Crippen LogP contribution in [-0.2, 0) is 9.53 Å². The SMILES string of the molecule is CO[C@@H]1CCCC=C1NC1=N/C(=C\c2ccc3ncsc3c2)C(=O)N1. The van der Waals surface area contributed by atoms with Gasteiger partial charge in [0.15, 0.2) is 0 Å². The highest BCUT2D eigenvalue weighted by Crippen LogP contribution is 2.22. The normalized spacial score (nSPS) is 22.0. The number of ether oxygens (including phenoxy) is 1. The van der Waals surface area contributed by atoms with E-state index < -0.39 is 0 Å². The molecule has 1 amide bonds. The van der Waals surface area contributed by atoms with E-state index in [2.05, 4.69) is 26.7 Å². The molecule has 0 spiro atoms. The predicted octanol–water partition coefficient (Wildman–Crippen LogP) is 2.80. The Hall–Kier alpha value is -2.51. The number of methoxy groups -OCH3 is 1. The van der Waals surface area contributed by atoms with E-state index in [4.69, 9.17) is 4.74 Å². The Kier molecular flexibility index (Phi) is 4.33. The van der Waals surface area contributed by atoms with Gasteiger partial charge in [-0.15, -0.1) is 11.3 Å². The molecule has 0 fully saturated rings. The summed E-state index contributed by atoms with van der Waals surface area (Å²) in [6, 6.07) is 5.90. The average Bonchev–Trinajstić information content (AvgIpc) is 3.22. The van der Waals surface area contributed by atoms with Crippen molar-refractivity contribution < 1.29 is 9.53 Å². The molecule has 25 heavy (non-hydrogen) atoms. The summed E-state index contributed by atoms with van der Waals surface area (Å²) in [5.74, 6) is 0.239. The molecule has 2 heterocycles. The van der Waals surface area contributed by atoms with Crippen molar-refractivity contribution in [3.8, 4) is 0 Å². The maximum atomic E-state index is 12.2. The van der Waals surface area contributed by atoms with E-state index in [1.54, 1.807) is 24.5 Å². The molecule has 0 radical (unpaired) electrons. The lowest BCUT2D eigenvalue weighted by molar-refractivity contribution is -0.115. The highest BCUT2D eigenvalue weighted by atomic mass is 32.1. The van der Waals surface area contributed by atoms with Gasteiger partial charge in [-0.3, -0.25) is 10.1 Å². The molecule has 0 saturated heterocycles. The lowest BCUT2D eigenvalue weighted by atomic mass is 10.0. The van der Waals surface area contributed by atoms with Crippen LogP contribution in [0.5, 0.6) is 0 Å². The third-order valence-electron chi connectivity index (χ3n) is 4.28. The van der Waals surface area contributed by atoms with Gasteiger partial charge in [0.2, 0.25) is 5.96 Å². The van der Waals surface area contributed by atoms with Crippen molar-refractivity contribution in [2.45, 2.75) is 25.4 Å². The number of nitrogens with one attached hydrogen (secondary N) is 2. The van der Waals surface area contributed by atoms with Gasteiger partial charge in [-0.2, -0.15) is 0 Å². The first-order valence-electron chi connectivity index (χ1n) is 8.18. The van der Waals surface area contributed by atoms with Gasteiger partial charge in [0, 0.05) is 12.8 Å². The van der Waals surface area contributed by atoms with Crippen molar-refractivity contribution in [2.24, 2.45) is 4.99 Å². The molecule has 1 aliphatic heterocycles. The fourth-order valence-electron chi connectivity index (χ4n) is 3.01. The highest BCUT2D eigenvalue weighted by Gasteiger charge is 2.24. The molecule has 1 aliphatic carbocycles. The number of aliphatic imine (C=N–C) groups is 1. The minimum absolute atomic E-state index is 0.0233. The van der Waals surface area contributed by atoms with Crippen LogP contribution in [-0.4, -0.2) is 30.1 Å². The summed E-state index contributed by atoms with van der Waals surface area (Å²) in [4.78, 5) is 20.9. The first-order valence-corrected chi connectivity index (χ1v) is 9.06. The number of carbonyl (C=O) groups excluding carboxylic acids is 1. The van der Waals surface area contributed by atoms with Crippen LogP contribution in [0.15, 0.2) is 46.2 Å². The first-order chi connectivity index (χ1) is 12.2. The largest absolute Gasteiger partial charge is 0.375 e. The Balaban J connectivity index is 1.56. The molecule has 0 saturated carbocycles. The third kappa shape index (κ3) is 3.33. The third-order valence-corrected chi connectivity index (χ3v) is 5.08. The fraction of sp³-hybridized carbons (Fsp3) is 0.278. The Morgan fingerprint density at radius 3 is 3.24 bits per heavy atom. The molecule has 2 N–H and O–H groups in total. The van der Waals surface area contributed by atoms with Gasteiger partial charge < -0.3 is 10.1 Å². The van der Waals surface area contributed by atoms with Crippen LogP contribution in [0.2, 0.25) is 0 Å². The van der Waals surface area contributed by atoms with Crippen LogP contribution >= 0.6 is 11.3 Å². The number of allylic oxidation sites excluding steroid dienone is 1. The maximum Gasteiger partial charge on any atom is 0.276 e. The van der Waals surface area contributed by atoms with Crippen LogP contribution in [0.3, 0.4) is 0 Å². The quantitative estimate of drug-likeness (QED) is 0.831. The first kappa shape index (κ1) is 16.0. The molecule has 1 atom stereocenters. The van der Waals surface area contributed by atoms with Gasteiger partial charge in [0.25, 0.3) is 5.91 Å². The van der Waals surface area contributed by atoms with E-state index >= 15 is 0 Å². The zero-order valence-electron chi connectivity index (χ0n) is 13.8. The number of guanidine groups is 1. The van der Waals surface area contributed by atoms with Gasteiger partial charge in [-0.1, -0.05) is 12.1 Å². The van der Waals surface area contributed by atoms with Gasteiger partial charge in [0.1, 0.15) is 5.70 Å². The summed E-state index contributed by atoms with van der Waals surface area (Å²) in [5, 5.41) is 5.97. The van der Waals surface area contributed by atoms with Crippen molar-refractivity contribution in [3.05, 3.63) is 46.7 Å². The summed E-state index contributed by atoms with van der Waals surface area (Å²) in [7, 11) is 1.70. The van der Waals surface area contributed by atoms with E-state index in [0.29, 0.717) is 11.7 Å². The minimum atomic E-state index is -0.211. The smallest absolute Gasteiger partial charge is 0.276 e. The van der Waals surface area contributed by atoms with Crippen molar-refractivity contribution in [2.75, 3.05) is 7.11 Å². The van der Waals surface area contributed by atoms with E-state index in [1.807, 2.05) is 23.7 Å². The summed E-state index contributed by atoms with van der Waals surface area (Å²) in [6.45, 7) is 0. The summed E-state index contributed by atoms with van der Waals surface area (Å²) >= 11 is 1.58.